The average Bonchev–Trinajstić information content (AvgIpc) is 2.59. The average molecular weight is 338 g/mol. The van der Waals surface area contributed by atoms with E-state index in [-0.39, 0.29) is 11.8 Å². The maximum Gasteiger partial charge on any atom is 0.271 e. The molecule has 0 radical (unpaired) electrons. The molecule has 0 fully saturated rings. The summed E-state index contributed by atoms with van der Waals surface area (Å²) in [5, 5.41) is 7.00. The first-order valence-corrected chi connectivity index (χ1v) is 7.94. The van der Waals surface area contributed by atoms with Gasteiger partial charge < -0.3 is 5.32 Å². The van der Waals surface area contributed by atoms with Crippen LogP contribution in [0.2, 0.25) is 0 Å². The molecule has 1 heterocycles. The Kier molecular flexibility index (Phi) is 5.64. The van der Waals surface area contributed by atoms with Gasteiger partial charge in [0.2, 0.25) is 5.91 Å². The molecule has 0 unspecified atom stereocenters. The van der Waals surface area contributed by atoms with Crippen molar-refractivity contribution < 1.29 is 9.59 Å². The van der Waals surface area contributed by atoms with Crippen molar-refractivity contribution in [3.05, 3.63) is 59.9 Å². The third kappa shape index (κ3) is 5.24. The Labute approximate surface area is 147 Å². The second kappa shape index (κ2) is 7.70. The Balaban J connectivity index is 2.09. The molecule has 2 rings (SSSR count). The summed E-state index contributed by atoms with van der Waals surface area (Å²) >= 11 is 0. The quantitative estimate of drug-likeness (QED) is 0.663. The van der Waals surface area contributed by atoms with Crippen LogP contribution in [0.3, 0.4) is 0 Å². The molecule has 1 aromatic carbocycles. The maximum atomic E-state index is 12.1. The van der Waals surface area contributed by atoms with E-state index in [4.69, 9.17) is 0 Å². The highest BCUT2D eigenvalue weighted by Crippen LogP contribution is 2.18. The topological polar surface area (TPSA) is 83.4 Å². The summed E-state index contributed by atoms with van der Waals surface area (Å²) in [7, 11) is 0. The van der Waals surface area contributed by atoms with Crippen LogP contribution in [0.1, 0.15) is 43.6 Å². The molecule has 6 nitrogen and oxygen atoms in total. The van der Waals surface area contributed by atoms with Gasteiger partial charge in [-0.2, -0.15) is 5.10 Å². The summed E-state index contributed by atoms with van der Waals surface area (Å²) in [6, 6.07) is 10.6. The molecule has 2 amide bonds. The van der Waals surface area contributed by atoms with Gasteiger partial charge in [-0.15, -0.1) is 0 Å². The minimum absolute atomic E-state index is 0.0646. The van der Waals surface area contributed by atoms with Crippen molar-refractivity contribution in [3.8, 4) is 0 Å². The molecule has 0 bridgehead atoms. The molecular weight excluding hydrogens is 316 g/mol. The fourth-order valence-corrected chi connectivity index (χ4v) is 1.91. The van der Waals surface area contributed by atoms with Crippen molar-refractivity contribution in [2.45, 2.75) is 27.7 Å². The Hall–Kier alpha value is -3.02. The highest BCUT2D eigenvalue weighted by Gasteiger charge is 2.21. The Bertz CT molecular complexity index is 793. The number of amides is 2. The molecule has 0 aliphatic heterocycles. The lowest BCUT2D eigenvalue weighted by Crippen LogP contribution is -2.27. The van der Waals surface area contributed by atoms with E-state index in [9.17, 15) is 9.59 Å². The lowest BCUT2D eigenvalue weighted by atomic mass is 9.95. The fraction of sp³-hybridized carbons (Fsp3) is 0.263. The Morgan fingerprint density at radius 2 is 1.72 bits per heavy atom. The van der Waals surface area contributed by atoms with Crippen LogP contribution in [0, 0.1) is 5.41 Å². The second-order valence-electron chi connectivity index (χ2n) is 6.66. The van der Waals surface area contributed by atoms with Crippen LogP contribution < -0.4 is 10.7 Å². The highest BCUT2D eigenvalue weighted by atomic mass is 16.2. The number of pyridine rings is 1. The first-order chi connectivity index (χ1) is 11.8. The zero-order chi connectivity index (χ0) is 18.4. The number of hydrazone groups is 1. The molecule has 2 N–H and O–H groups in total. The molecular formula is C19H22N4O2. The van der Waals surface area contributed by atoms with Gasteiger partial charge in [0.1, 0.15) is 0 Å². The number of hydrogen-bond acceptors (Lipinski definition) is 4. The van der Waals surface area contributed by atoms with E-state index in [1.165, 1.54) is 0 Å². The van der Waals surface area contributed by atoms with Crippen LogP contribution in [0.25, 0.3) is 0 Å². The van der Waals surface area contributed by atoms with E-state index in [2.05, 4.69) is 20.8 Å². The number of nitrogens with zero attached hydrogens (tertiary/aromatic N) is 2. The van der Waals surface area contributed by atoms with E-state index in [0.29, 0.717) is 17.0 Å². The number of nitrogens with one attached hydrogen (secondary N) is 2. The molecule has 0 atom stereocenters. The smallest absolute Gasteiger partial charge is 0.271 e. The maximum absolute atomic E-state index is 12.1. The predicted octanol–water partition coefficient (Wildman–Crippen LogP) is 3.22. The summed E-state index contributed by atoms with van der Waals surface area (Å²) in [4.78, 5) is 28.0. The van der Waals surface area contributed by atoms with Crippen LogP contribution >= 0.6 is 0 Å². The number of carbonyl (C=O) groups is 2. The van der Waals surface area contributed by atoms with Crippen LogP contribution in [0.5, 0.6) is 0 Å². The molecule has 130 valence electrons. The summed E-state index contributed by atoms with van der Waals surface area (Å²) in [6.07, 6.45) is 3.10. The number of hydrogen-bond donors (Lipinski definition) is 2. The van der Waals surface area contributed by atoms with Gasteiger partial charge in [0, 0.05) is 29.1 Å². The van der Waals surface area contributed by atoms with Gasteiger partial charge in [0.05, 0.1) is 5.71 Å². The fourth-order valence-electron chi connectivity index (χ4n) is 1.91. The summed E-state index contributed by atoms with van der Waals surface area (Å²) in [5.74, 6) is -0.371. The van der Waals surface area contributed by atoms with E-state index >= 15 is 0 Å². The number of aromatic nitrogens is 1. The van der Waals surface area contributed by atoms with Crippen LogP contribution in [0.4, 0.5) is 5.69 Å². The zero-order valence-corrected chi connectivity index (χ0v) is 14.8. The first kappa shape index (κ1) is 18.3. The Morgan fingerprint density at radius 1 is 1.04 bits per heavy atom. The SMILES string of the molecule is C/C(=N/NC(=O)c1ccncc1)c1cccc(NC(=O)C(C)(C)C)c1. The molecule has 25 heavy (non-hydrogen) atoms. The van der Waals surface area contributed by atoms with Crippen LogP contribution in [0.15, 0.2) is 53.9 Å². The van der Waals surface area contributed by atoms with Crippen molar-refractivity contribution in [1.29, 1.82) is 0 Å². The molecule has 0 saturated carbocycles. The van der Waals surface area contributed by atoms with Crippen molar-refractivity contribution in [2.24, 2.45) is 10.5 Å². The van der Waals surface area contributed by atoms with Gasteiger partial charge in [-0.3, -0.25) is 14.6 Å². The summed E-state index contributed by atoms with van der Waals surface area (Å²) in [5.41, 5.74) is 4.65. The van der Waals surface area contributed by atoms with Gasteiger partial charge in [0.25, 0.3) is 5.91 Å². The van der Waals surface area contributed by atoms with Crippen molar-refractivity contribution in [1.82, 2.24) is 10.4 Å². The molecule has 6 heteroatoms. The monoisotopic (exact) mass is 338 g/mol. The van der Waals surface area contributed by atoms with E-state index in [1.807, 2.05) is 45.0 Å². The summed E-state index contributed by atoms with van der Waals surface area (Å²) in [6.45, 7) is 7.35. The molecule has 1 aromatic heterocycles. The van der Waals surface area contributed by atoms with Gasteiger partial charge in [-0.25, -0.2) is 5.43 Å². The third-order valence-corrected chi connectivity index (χ3v) is 3.49. The third-order valence-electron chi connectivity index (χ3n) is 3.49. The van der Waals surface area contributed by atoms with Crippen molar-refractivity contribution in [2.75, 3.05) is 5.32 Å². The normalized spacial score (nSPS) is 11.8. The number of anilines is 1. The lowest BCUT2D eigenvalue weighted by molar-refractivity contribution is -0.123. The molecule has 2 aromatic rings. The lowest BCUT2D eigenvalue weighted by Gasteiger charge is -2.18. The van der Waals surface area contributed by atoms with Crippen LogP contribution in [-0.2, 0) is 4.79 Å². The van der Waals surface area contributed by atoms with E-state index in [0.717, 1.165) is 5.56 Å². The predicted molar refractivity (Wildman–Crippen MR) is 98.4 cm³/mol. The molecule has 0 aliphatic rings. The number of benzene rings is 1. The van der Waals surface area contributed by atoms with Gasteiger partial charge >= 0.3 is 0 Å². The second-order valence-corrected chi connectivity index (χ2v) is 6.66. The Morgan fingerprint density at radius 3 is 2.36 bits per heavy atom. The van der Waals surface area contributed by atoms with E-state index in [1.54, 1.807) is 31.5 Å². The zero-order valence-electron chi connectivity index (χ0n) is 14.8. The number of rotatable bonds is 4. The summed E-state index contributed by atoms with van der Waals surface area (Å²) < 4.78 is 0. The van der Waals surface area contributed by atoms with Gasteiger partial charge in [-0.05, 0) is 36.8 Å². The highest BCUT2D eigenvalue weighted by molar-refractivity contribution is 6.02. The number of carbonyl (C=O) groups excluding carboxylic acids is 2. The molecule has 0 aliphatic carbocycles. The van der Waals surface area contributed by atoms with Crippen molar-refractivity contribution in [3.63, 3.8) is 0 Å². The van der Waals surface area contributed by atoms with Crippen molar-refractivity contribution >= 4 is 23.2 Å². The van der Waals surface area contributed by atoms with Gasteiger partial charge in [-0.1, -0.05) is 32.9 Å². The van der Waals surface area contributed by atoms with E-state index < -0.39 is 5.41 Å². The standard InChI is InChI=1S/C19H22N4O2/c1-13(22-23-17(24)14-8-10-20-11-9-14)15-6-5-7-16(12-15)21-18(25)19(2,3)4/h5-12H,1-4H3,(H,21,25)(H,23,24)/b22-13-. The van der Waals surface area contributed by atoms with Crippen LogP contribution in [-0.4, -0.2) is 22.5 Å². The minimum Gasteiger partial charge on any atom is -0.326 e. The molecule has 0 spiro atoms. The molecule has 0 saturated heterocycles. The van der Waals surface area contributed by atoms with Gasteiger partial charge in [0.15, 0.2) is 0 Å². The minimum atomic E-state index is -0.475. The first-order valence-electron chi connectivity index (χ1n) is 7.94. The largest absolute Gasteiger partial charge is 0.326 e.